The highest BCUT2D eigenvalue weighted by atomic mass is 16.6. The summed E-state index contributed by atoms with van der Waals surface area (Å²) >= 11 is 0. The molecular weight excluding hydrogens is 246 g/mol. The molecule has 1 aromatic rings. The predicted molar refractivity (Wildman–Crippen MR) is 62.7 cm³/mol. The van der Waals surface area contributed by atoms with Crippen molar-refractivity contribution in [1.29, 1.82) is 0 Å². The van der Waals surface area contributed by atoms with Crippen LogP contribution in [0.3, 0.4) is 0 Å². The van der Waals surface area contributed by atoms with Crippen molar-refractivity contribution in [2.45, 2.75) is 43.6 Å². The van der Waals surface area contributed by atoms with Gasteiger partial charge in [0.1, 0.15) is 12.0 Å². The summed E-state index contributed by atoms with van der Waals surface area (Å²) in [4.78, 5) is 33.8. The van der Waals surface area contributed by atoms with Crippen LogP contribution >= 0.6 is 0 Å². The van der Waals surface area contributed by atoms with Crippen LogP contribution in [-0.4, -0.2) is 38.4 Å². The van der Waals surface area contributed by atoms with Crippen molar-refractivity contribution >= 4 is 11.7 Å². The lowest BCUT2D eigenvalue weighted by molar-refractivity contribution is -0.159. The molecule has 98 valence electrons. The second kappa shape index (κ2) is 3.60. The summed E-state index contributed by atoms with van der Waals surface area (Å²) in [5, 5.41) is 0. The third-order valence-electron chi connectivity index (χ3n) is 4.21. The van der Waals surface area contributed by atoms with Gasteiger partial charge in [-0.25, -0.2) is 0 Å². The van der Waals surface area contributed by atoms with Crippen LogP contribution in [0, 0.1) is 0 Å². The van der Waals surface area contributed by atoms with Gasteiger partial charge in [-0.1, -0.05) is 0 Å². The smallest absolute Gasteiger partial charge is 0.258 e. The Morgan fingerprint density at radius 2 is 2.11 bits per heavy atom. The molecule has 6 nitrogen and oxygen atoms in total. The minimum Gasteiger partial charge on any atom is -0.341 e. The Morgan fingerprint density at radius 3 is 2.79 bits per heavy atom. The summed E-state index contributed by atoms with van der Waals surface area (Å²) in [5.41, 5.74) is -0.0625. The van der Waals surface area contributed by atoms with Crippen molar-refractivity contribution < 1.29 is 14.3 Å². The fourth-order valence-electron chi connectivity index (χ4n) is 3.31. The average molecular weight is 259 g/mol. The van der Waals surface area contributed by atoms with E-state index in [1.165, 1.54) is 0 Å². The molecular formula is C13H13N3O3. The van der Waals surface area contributed by atoms with Crippen LogP contribution < -0.4 is 0 Å². The van der Waals surface area contributed by atoms with Crippen molar-refractivity contribution in [3.8, 4) is 0 Å². The zero-order valence-electron chi connectivity index (χ0n) is 10.3. The fraction of sp³-hybridized carbons (Fsp3) is 0.538. The zero-order chi connectivity index (χ0) is 13.0. The van der Waals surface area contributed by atoms with Gasteiger partial charge in [0.2, 0.25) is 0 Å². The van der Waals surface area contributed by atoms with Crippen molar-refractivity contribution in [1.82, 2.24) is 14.9 Å². The summed E-state index contributed by atoms with van der Waals surface area (Å²) in [5.74, 6) is 0.0517. The monoisotopic (exact) mass is 259 g/mol. The van der Waals surface area contributed by atoms with E-state index >= 15 is 0 Å². The van der Waals surface area contributed by atoms with Gasteiger partial charge in [0.15, 0.2) is 5.60 Å². The van der Waals surface area contributed by atoms with Gasteiger partial charge in [-0.2, -0.15) is 0 Å². The van der Waals surface area contributed by atoms with Crippen LogP contribution in [0.25, 0.3) is 0 Å². The Balaban J connectivity index is 1.65. The third kappa shape index (κ3) is 1.40. The minimum atomic E-state index is -0.859. The molecule has 1 saturated carbocycles. The molecule has 2 atom stereocenters. The molecule has 1 spiro atoms. The molecule has 4 rings (SSSR count). The van der Waals surface area contributed by atoms with E-state index in [9.17, 15) is 9.59 Å². The molecule has 0 bridgehead atoms. The van der Waals surface area contributed by atoms with E-state index in [2.05, 4.69) is 9.97 Å². The lowest BCUT2D eigenvalue weighted by Gasteiger charge is -2.34. The average Bonchev–Trinajstić information content (AvgIpc) is 2.90. The molecule has 2 saturated heterocycles. The summed E-state index contributed by atoms with van der Waals surface area (Å²) < 4.78 is 5.85. The van der Waals surface area contributed by atoms with Crippen LogP contribution in [0.4, 0.5) is 0 Å². The summed E-state index contributed by atoms with van der Waals surface area (Å²) in [7, 11) is 0. The molecule has 3 heterocycles. The Morgan fingerprint density at radius 1 is 1.26 bits per heavy atom. The molecule has 0 N–H and O–H groups in total. The lowest BCUT2D eigenvalue weighted by Crippen LogP contribution is -2.52. The number of carbonyl (C=O) groups excluding carboxylic acids is 2. The molecule has 1 aliphatic carbocycles. The van der Waals surface area contributed by atoms with E-state index < -0.39 is 5.60 Å². The normalized spacial score (nSPS) is 31.7. The number of rotatable bonds is 1. The Kier molecular flexibility index (Phi) is 2.09. The highest BCUT2D eigenvalue weighted by Gasteiger charge is 2.63. The van der Waals surface area contributed by atoms with Crippen molar-refractivity contribution in [3.05, 3.63) is 24.3 Å². The number of amides is 1. The molecule has 0 unspecified atom stereocenters. The summed E-state index contributed by atoms with van der Waals surface area (Å²) in [6.07, 6.45) is 6.82. The van der Waals surface area contributed by atoms with E-state index in [0.29, 0.717) is 0 Å². The van der Waals surface area contributed by atoms with Crippen LogP contribution in [0.15, 0.2) is 18.6 Å². The molecule has 3 aliphatic rings. The van der Waals surface area contributed by atoms with E-state index in [1.54, 1.807) is 23.5 Å². The molecule has 0 radical (unpaired) electrons. The standard InChI is InChI=1S/C13H13N3O3/c17-8-5-13(6-8)12(18)16-10(1-2-11(16)19-13)9-7-14-3-4-15-9/h3-4,7,10-11H,1-2,5-6H2/t10-,11+/m0/s1. The van der Waals surface area contributed by atoms with E-state index in [1.807, 2.05) is 0 Å². The Bertz CT molecular complexity index is 552. The van der Waals surface area contributed by atoms with Crippen LogP contribution in [0.1, 0.15) is 37.4 Å². The maximum Gasteiger partial charge on any atom is 0.258 e. The van der Waals surface area contributed by atoms with Gasteiger partial charge in [-0.05, 0) is 12.8 Å². The summed E-state index contributed by atoms with van der Waals surface area (Å²) in [6, 6.07) is -0.0683. The Hall–Kier alpha value is -1.82. The molecule has 0 aromatic carbocycles. The van der Waals surface area contributed by atoms with Crippen LogP contribution in [0.5, 0.6) is 0 Å². The quantitative estimate of drug-likeness (QED) is 0.738. The van der Waals surface area contributed by atoms with Gasteiger partial charge in [0, 0.05) is 25.2 Å². The van der Waals surface area contributed by atoms with Gasteiger partial charge in [-0.15, -0.1) is 0 Å². The number of nitrogens with zero attached hydrogens (tertiary/aromatic N) is 3. The highest BCUT2D eigenvalue weighted by molar-refractivity contribution is 6.03. The largest absolute Gasteiger partial charge is 0.341 e. The second-order valence-electron chi connectivity index (χ2n) is 5.39. The maximum atomic E-state index is 12.5. The molecule has 2 aliphatic heterocycles. The highest BCUT2D eigenvalue weighted by Crippen LogP contribution is 2.49. The first kappa shape index (κ1) is 11.0. The summed E-state index contributed by atoms with van der Waals surface area (Å²) in [6.45, 7) is 0. The molecule has 19 heavy (non-hydrogen) atoms. The fourth-order valence-corrected chi connectivity index (χ4v) is 3.31. The number of fused-ring (bicyclic) bond motifs is 1. The van der Waals surface area contributed by atoms with Gasteiger partial charge in [0.05, 0.1) is 17.9 Å². The first-order valence-corrected chi connectivity index (χ1v) is 6.48. The predicted octanol–water partition coefficient (Wildman–Crippen LogP) is 0.598. The number of hydrogen-bond acceptors (Lipinski definition) is 5. The molecule has 1 amide bonds. The van der Waals surface area contributed by atoms with E-state index in [0.717, 1.165) is 18.5 Å². The molecule has 3 fully saturated rings. The minimum absolute atomic E-state index is 0.0507. The maximum absolute atomic E-state index is 12.5. The number of ketones is 1. The zero-order valence-corrected chi connectivity index (χ0v) is 10.3. The van der Waals surface area contributed by atoms with Crippen molar-refractivity contribution in [3.63, 3.8) is 0 Å². The van der Waals surface area contributed by atoms with Crippen molar-refractivity contribution in [2.75, 3.05) is 0 Å². The SMILES string of the molecule is O=C1CC2(C1)O[C@@H]1CC[C@@H](c3cnccn3)N1C2=O. The van der Waals surface area contributed by atoms with Gasteiger partial charge in [-0.3, -0.25) is 19.6 Å². The van der Waals surface area contributed by atoms with Crippen LogP contribution in [0.2, 0.25) is 0 Å². The Labute approximate surface area is 109 Å². The van der Waals surface area contributed by atoms with E-state index in [-0.39, 0.29) is 36.8 Å². The number of hydrogen-bond donors (Lipinski definition) is 0. The number of carbonyl (C=O) groups is 2. The third-order valence-corrected chi connectivity index (χ3v) is 4.21. The first-order valence-electron chi connectivity index (χ1n) is 6.48. The number of aromatic nitrogens is 2. The second-order valence-corrected chi connectivity index (χ2v) is 5.39. The topological polar surface area (TPSA) is 72.4 Å². The number of ether oxygens (including phenoxy) is 1. The molecule has 1 aromatic heterocycles. The first-order chi connectivity index (χ1) is 9.20. The number of Topliss-reactive ketones (excluding diaryl/α,β-unsaturated/α-hetero) is 1. The van der Waals surface area contributed by atoms with Gasteiger partial charge < -0.3 is 9.64 Å². The van der Waals surface area contributed by atoms with Crippen LogP contribution in [-0.2, 0) is 14.3 Å². The lowest BCUT2D eigenvalue weighted by atomic mass is 9.78. The van der Waals surface area contributed by atoms with Crippen molar-refractivity contribution in [2.24, 2.45) is 0 Å². The van der Waals surface area contributed by atoms with E-state index in [4.69, 9.17) is 4.74 Å². The van der Waals surface area contributed by atoms with Gasteiger partial charge in [0.25, 0.3) is 5.91 Å². The molecule has 6 heteroatoms. The van der Waals surface area contributed by atoms with Gasteiger partial charge >= 0.3 is 0 Å².